The van der Waals surface area contributed by atoms with Crippen molar-refractivity contribution in [2.45, 2.75) is 63.9 Å². The van der Waals surface area contributed by atoms with E-state index in [1.54, 1.807) is 0 Å². The molecule has 0 aromatic rings. The molecule has 0 amide bonds. The lowest BCUT2D eigenvalue weighted by Gasteiger charge is -2.39. The minimum absolute atomic E-state index is 0.288. The molecular weight excluding hydrogens is 148 g/mol. The lowest BCUT2D eigenvalue weighted by Crippen LogP contribution is -2.41. The van der Waals surface area contributed by atoms with Crippen LogP contribution in [0.15, 0.2) is 0 Å². The summed E-state index contributed by atoms with van der Waals surface area (Å²) in [7, 11) is 0. The first-order valence-corrected chi connectivity index (χ1v) is 5.45. The largest absolute Gasteiger partial charge is 0.389 e. The zero-order chi connectivity index (χ0) is 8.66. The molecule has 2 saturated carbocycles. The van der Waals surface area contributed by atoms with Gasteiger partial charge in [0.2, 0.25) is 0 Å². The van der Waals surface area contributed by atoms with Crippen molar-refractivity contribution in [1.82, 2.24) is 0 Å². The van der Waals surface area contributed by atoms with E-state index in [1.807, 2.05) is 0 Å². The van der Waals surface area contributed by atoms with E-state index in [1.165, 1.54) is 38.5 Å². The molecule has 2 fully saturated rings. The molecule has 2 aliphatic rings. The summed E-state index contributed by atoms with van der Waals surface area (Å²) in [6.07, 6.45) is 9.84. The van der Waals surface area contributed by atoms with Crippen LogP contribution in [0.1, 0.15) is 58.3 Å². The summed E-state index contributed by atoms with van der Waals surface area (Å²) in [5.41, 5.74) is 0.0608. The molecule has 0 saturated heterocycles. The van der Waals surface area contributed by atoms with Gasteiger partial charge in [-0.3, -0.25) is 0 Å². The molecule has 12 heavy (non-hydrogen) atoms. The fourth-order valence-corrected chi connectivity index (χ4v) is 3.54. The van der Waals surface area contributed by atoms with Crippen molar-refractivity contribution in [2.24, 2.45) is 5.41 Å². The lowest BCUT2D eigenvalue weighted by atomic mass is 9.71. The van der Waals surface area contributed by atoms with Crippen molar-refractivity contribution in [3.63, 3.8) is 0 Å². The first-order chi connectivity index (χ1) is 5.72. The Labute approximate surface area is 75.2 Å². The third-order valence-electron chi connectivity index (χ3n) is 4.38. The Morgan fingerprint density at radius 3 is 2.17 bits per heavy atom. The number of aliphatic hydroxyl groups is 1. The van der Waals surface area contributed by atoms with Crippen LogP contribution in [0.3, 0.4) is 0 Å². The van der Waals surface area contributed by atoms with Crippen molar-refractivity contribution in [3.05, 3.63) is 0 Å². The van der Waals surface area contributed by atoms with Gasteiger partial charge in [0.15, 0.2) is 0 Å². The number of rotatable bonds is 1. The second kappa shape index (κ2) is 2.73. The van der Waals surface area contributed by atoms with Crippen LogP contribution < -0.4 is 0 Å². The topological polar surface area (TPSA) is 20.2 Å². The van der Waals surface area contributed by atoms with Crippen LogP contribution in [-0.2, 0) is 0 Å². The van der Waals surface area contributed by atoms with Crippen molar-refractivity contribution in [2.75, 3.05) is 0 Å². The van der Waals surface area contributed by atoms with Gasteiger partial charge in [-0.25, -0.2) is 0 Å². The van der Waals surface area contributed by atoms with Gasteiger partial charge in [-0.1, -0.05) is 19.8 Å². The maximum atomic E-state index is 10.5. The summed E-state index contributed by atoms with van der Waals surface area (Å²) in [6, 6.07) is 0. The monoisotopic (exact) mass is 168 g/mol. The van der Waals surface area contributed by atoms with Gasteiger partial charge >= 0.3 is 0 Å². The Hall–Kier alpha value is -0.0400. The first-order valence-electron chi connectivity index (χ1n) is 5.45. The standard InChI is InChI=1S/C11H20O/c1-2-11(12)9-5-8-10(11)6-3-4-7-10/h12H,2-9H2,1H3. The second-order valence-electron chi connectivity index (χ2n) is 4.73. The molecule has 2 aliphatic carbocycles. The van der Waals surface area contributed by atoms with Crippen LogP contribution in [0.2, 0.25) is 0 Å². The summed E-state index contributed by atoms with van der Waals surface area (Å²) < 4.78 is 0. The highest BCUT2D eigenvalue weighted by Crippen LogP contribution is 2.57. The molecule has 0 heterocycles. The van der Waals surface area contributed by atoms with E-state index in [0.717, 1.165) is 12.8 Å². The highest BCUT2D eigenvalue weighted by atomic mass is 16.3. The molecule has 1 N–H and O–H groups in total. The van der Waals surface area contributed by atoms with Gasteiger partial charge in [0.1, 0.15) is 0 Å². The predicted octanol–water partition coefficient (Wildman–Crippen LogP) is 2.87. The Morgan fingerprint density at radius 1 is 1.00 bits per heavy atom. The molecule has 0 radical (unpaired) electrons. The average molecular weight is 168 g/mol. The van der Waals surface area contributed by atoms with Crippen LogP contribution in [0, 0.1) is 5.41 Å². The smallest absolute Gasteiger partial charge is 0.0701 e. The minimum atomic E-state index is -0.288. The maximum Gasteiger partial charge on any atom is 0.0701 e. The molecule has 1 spiro atoms. The number of hydrogen-bond acceptors (Lipinski definition) is 1. The molecule has 1 nitrogen and oxygen atoms in total. The molecule has 1 atom stereocenters. The number of hydrogen-bond donors (Lipinski definition) is 1. The quantitative estimate of drug-likeness (QED) is 0.638. The summed E-state index contributed by atoms with van der Waals surface area (Å²) in [5, 5.41) is 10.5. The maximum absolute atomic E-state index is 10.5. The van der Waals surface area contributed by atoms with E-state index in [2.05, 4.69) is 6.92 Å². The van der Waals surface area contributed by atoms with Crippen LogP contribution in [0.25, 0.3) is 0 Å². The molecule has 0 aliphatic heterocycles. The fraction of sp³-hybridized carbons (Fsp3) is 1.00. The molecule has 1 unspecified atom stereocenters. The van der Waals surface area contributed by atoms with E-state index < -0.39 is 0 Å². The zero-order valence-electron chi connectivity index (χ0n) is 8.10. The van der Waals surface area contributed by atoms with Crippen molar-refractivity contribution < 1.29 is 5.11 Å². The highest BCUT2D eigenvalue weighted by Gasteiger charge is 2.53. The van der Waals surface area contributed by atoms with E-state index in [0.29, 0.717) is 5.41 Å². The summed E-state index contributed by atoms with van der Waals surface area (Å²) >= 11 is 0. The average Bonchev–Trinajstić information content (AvgIpc) is 2.64. The molecule has 2 rings (SSSR count). The van der Waals surface area contributed by atoms with Crippen LogP contribution in [0.5, 0.6) is 0 Å². The van der Waals surface area contributed by atoms with Gasteiger partial charge in [0, 0.05) is 0 Å². The predicted molar refractivity (Wildman–Crippen MR) is 50.0 cm³/mol. The second-order valence-corrected chi connectivity index (χ2v) is 4.73. The van der Waals surface area contributed by atoms with Crippen LogP contribution in [0.4, 0.5) is 0 Å². The first kappa shape index (κ1) is 8.55. The van der Waals surface area contributed by atoms with Crippen LogP contribution in [-0.4, -0.2) is 10.7 Å². The summed E-state index contributed by atoms with van der Waals surface area (Å²) in [5.74, 6) is 0. The zero-order valence-corrected chi connectivity index (χ0v) is 8.10. The molecule has 0 bridgehead atoms. The molecule has 1 heteroatoms. The van der Waals surface area contributed by atoms with E-state index >= 15 is 0 Å². The van der Waals surface area contributed by atoms with Crippen molar-refractivity contribution in [3.8, 4) is 0 Å². The minimum Gasteiger partial charge on any atom is -0.389 e. The Kier molecular flexibility index (Phi) is 1.95. The summed E-state index contributed by atoms with van der Waals surface area (Å²) in [6.45, 7) is 2.14. The molecular formula is C11H20O. The third-order valence-corrected chi connectivity index (χ3v) is 4.38. The van der Waals surface area contributed by atoms with Gasteiger partial charge in [0.05, 0.1) is 5.60 Å². The van der Waals surface area contributed by atoms with Gasteiger partial charge in [-0.05, 0) is 43.9 Å². The summed E-state index contributed by atoms with van der Waals surface area (Å²) in [4.78, 5) is 0. The molecule has 0 aromatic heterocycles. The lowest BCUT2D eigenvalue weighted by molar-refractivity contribution is -0.0613. The van der Waals surface area contributed by atoms with E-state index in [9.17, 15) is 5.11 Å². The van der Waals surface area contributed by atoms with E-state index in [-0.39, 0.29) is 5.60 Å². The molecule has 0 aromatic carbocycles. The normalized spacial score (nSPS) is 39.5. The van der Waals surface area contributed by atoms with E-state index in [4.69, 9.17) is 0 Å². The third kappa shape index (κ3) is 0.953. The van der Waals surface area contributed by atoms with Crippen molar-refractivity contribution in [1.29, 1.82) is 0 Å². The molecule has 70 valence electrons. The highest BCUT2D eigenvalue weighted by molar-refractivity contribution is 5.04. The van der Waals surface area contributed by atoms with Crippen molar-refractivity contribution >= 4 is 0 Å². The Balaban J connectivity index is 2.22. The SMILES string of the molecule is CCC1(O)CCCC12CCCC2. The fourth-order valence-electron chi connectivity index (χ4n) is 3.54. The van der Waals surface area contributed by atoms with Crippen LogP contribution >= 0.6 is 0 Å². The van der Waals surface area contributed by atoms with Gasteiger partial charge < -0.3 is 5.11 Å². The van der Waals surface area contributed by atoms with Gasteiger partial charge in [0.25, 0.3) is 0 Å². The Morgan fingerprint density at radius 2 is 1.58 bits per heavy atom. The van der Waals surface area contributed by atoms with Gasteiger partial charge in [-0.2, -0.15) is 0 Å². The Bertz CT molecular complexity index is 164. The van der Waals surface area contributed by atoms with Gasteiger partial charge in [-0.15, -0.1) is 0 Å².